The fourth-order valence-corrected chi connectivity index (χ4v) is 3.16. The second-order valence-corrected chi connectivity index (χ2v) is 7.47. The molecule has 23 heavy (non-hydrogen) atoms. The van der Waals surface area contributed by atoms with Crippen molar-refractivity contribution in [2.24, 2.45) is 11.8 Å². The van der Waals surface area contributed by atoms with E-state index in [1.54, 1.807) is 24.3 Å². The number of carbonyl (C=O) groups is 1. The Bertz CT molecular complexity index is 643. The Labute approximate surface area is 137 Å². The van der Waals surface area contributed by atoms with Gasteiger partial charge >= 0.3 is 0 Å². The third-order valence-corrected chi connectivity index (χ3v) is 4.84. The Morgan fingerprint density at radius 2 is 1.83 bits per heavy atom. The minimum atomic E-state index is -3.54. The summed E-state index contributed by atoms with van der Waals surface area (Å²) < 4.78 is 32.9. The lowest BCUT2D eigenvalue weighted by atomic mass is 9.92. The monoisotopic (exact) mass is 341 g/mol. The van der Waals surface area contributed by atoms with Gasteiger partial charge in [-0.05, 0) is 36.6 Å². The average molecular weight is 341 g/mol. The van der Waals surface area contributed by atoms with Crippen LogP contribution in [0.4, 0.5) is 11.4 Å². The van der Waals surface area contributed by atoms with Crippen LogP contribution in [0, 0.1) is 11.8 Å². The normalized spacial score (nSPS) is 21.4. The molecule has 1 amide bonds. The summed E-state index contributed by atoms with van der Waals surface area (Å²) in [5, 5.41) is 2.86. The molecule has 0 bridgehead atoms. The van der Waals surface area contributed by atoms with E-state index in [1.165, 1.54) is 7.05 Å². The molecule has 8 heteroatoms. The number of anilines is 2. The first-order chi connectivity index (χ1) is 10.8. The molecule has 1 saturated heterocycles. The van der Waals surface area contributed by atoms with Gasteiger partial charge in [-0.1, -0.05) is 13.8 Å². The van der Waals surface area contributed by atoms with Crippen LogP contribution in [-0.4, -0.2) is 34.1 Å². The largest absolute Gasteiger partial charge is 0.377 e. The molecular formula is C15H23N3O4S. The molecule has 1 aromatic carbocycles. The van der Waals surface area contributed by atoms with Gasteiger partial charge in [0.05, 0.1) is 12.0 Å². The van der Waals surface area contributed by atoms with Crippen molar-refractivity contribution in [3.63, 3.8) is 0 Å². The Hall–Kier alpha value is -1.64. The van der Waals surface area contributed by atoms with Crippen molar-refractivity contribution < 1.29 is 17.9 Å². The van der Waals surface area contributed by atoms with Crippen LogP contribution < -0.4 is 14.8 Å². The highest BCUT2D eigenvalue weighted by atomic mass is 32.2. The summed E-state index contributed by atoms with van der Waals surface area (Å²) >= 11 is 0. The van der Waals surface area contributed by atoms with Gasteiger partial charge in [-0.15, -0.1) is 0 Å². The lowest BCUT2D eigenvalue weighted by Crippen LogP contribution is -2.32. The fourth-order valence-electron chi connectivity index (χ4n) is 2.61. The first-order valence-corrected chi connectivity index (χ1v) is 9.04. The van der Waals surface area contributed by atoms with Crippen LogP contribution in [-0.2, 0) is 19.7 Å². The maximum absolute atomic E-state index is 12.4. The summed E-state index contributed by atoms with van der Waals surface area (Å²) in [6.07, 6.45) is 0.658. The Balaban J connectivity index is 1.99. The van der Waals surface area contributed by atoms with Crippen LogP contribution >= 0.6 is 0 Å². The fraction of sp³-hybridized carbons (Fsp3) is 0.533. The highest BCUT2D eigenvalue weighted by Gasteiger charge is 2.35. The van der Waals surface area contributed by atoms with Gasteiger partial charge in [-0.2, -0.15) is 8.42 Å². The van der Waals surface area contributed by atoms with Crippen molar-refractivity contribution in [2.45, 2.75) is 26.4 Å². The van der Waals surface area contributed by atoms with E-state index in [-0.39, 0.29) is 23.8 Å². The first kappa shape index (κ1) is 17.7. The van der Waals surface area contributed by atoms with E-state index < -0.39 is 10.2 Å². The molecular weight excluding hydrogens is 318 g/mol. The van der Waals surface area contributed by atoms with Crippen molar-refractivity contribution in [1.82, 2.24) is 4.72 Å². The predicted octanol–water partition coefficient (Wildman–Crippen LogP) is 1.56. The van der Waals surface area contributed by atoms with Crippen molar-refractivity contribution in [2.75, 3.05) is 23.7 Å². The first-order valence-electron chi connectivity index (χ1n) is 7.56. The minimum absolute atomic E-state index is 0.0586. The summed E-state index contributed by atoms with van der Waals surface area (Å²) in [6, 6.07) is 6.50. The smallest absolute Gasteiger partial charge is 0.298 e. The zero-order valence-corrected chi connectivity index (χ0v) is 14.3. The number of carbonyl (C=O) groups excluding carboxylic acids is 1. The van der Waals surface area contributed by atoms with Crippen molar-refractivity contribution in [1.29, 1.82) is 0 Å². The molecule has 2 rings (SSSR count). The van der Waals surface area contributed by atoms with Gasteiger partial charge in [0.2, 0.25) is 5.91 Å². The van der Waals surface area contributed by atoms with E-state index in [0.717, 1.165) is 0 Å². The minimum Gasteiger partial charge on any atom is -0.377 e. The van der Waals surface area contributed by atoms with Gasteiger partial charge in [0.1, 0.15) is 0 Å². The van der Waals surface area contributed by atoms with E-state index >= 15 is 0 Å². The maximum atomic E-state index is 12.4. The van der Waals surface area contributed by atoms with Crippen LogP contribution in [0.15, 0.2) is 24.3 Å². The molecule has 1 aliphatic heterocycles. The van der Waals surface area contributed by atoms with Crippen LogP contribution in [0.25, 0.3) is 0 Å². The van der Waals surface area contributed by atoms with Crippen LogP contribution in [0.1, 0.15) is 20.3 Å². The molecule has 0 radical (unpaired) electrons. The zero-order valence-electron chi connectivity index (χ0n) is 13.5. The summed E-state index contributed by atoms with van der Waals surface area (Å²) in [5.41, 5.74) is 1.04. The zero-order chi connectivity index (χ0) is 17.0. The Morgan fingerprint density at radius 1 is 1.22 bits per heavy atom. The van der Waals surface area contributed by atoms with Gasteiger partial charge in [-0.3, -0.25) is 9.52 Å². The van der Waals surface area contributed by atoms with Crippen LogP contribution in [0.2, 0.25) is 0 Å². The summed E-state index contributed by atoms with van der Waals surface area (Å²) in [5.74, 6) is 0.0637. The van der Waals surface area contributed by atoms with Gasteiger partial charge < -0.3 is 10.1 Å². The number of ether oxygens (including phenoxy) is 1. The van der Waals surface area contributed by atoms with Gasteiger partial charge in [0, 0.05) is 25.0 Å². The Morgan fingerprint density at radius 3 is 2.39 bits per heavy atom. The molecule has 1 fully saturated rings. The molecule has 2 atom stereocenters. The molecule has 7 nitrogen and oxygen atoms in total. The number of hydrogen-bond acceptors (Lipinski definition) is 4. The Kier molecular flexibility index (Phi) is 5.61. The molecule has 1 aromatic rings. The number of nitrogens with one attached hydrogen (secondary N) is 3. The molecule has 1 heterocycles. The maximum Gasteiger partial charge on any atom is 0.298 e. The van der Waals surface area contributed by atoms with Crippen molar-refractivity contribution in [3.05, 3.63) is 24.3 Å². The number of hydrogen-bond donors (Lipinski definition) is 3. The van der Waals surface area contributed by atoms with E-state index in [4.69, 9.17) is 4.74 Å². The summed E-state index contributed by atoms with van der Waals surface area (Å²) in [7, 11) is -2.22. The highest BCUT2D eigenvalue weighted by Crippen LogP contribution is 2.28. The number of rotatable bonds is 6. The second kappa shape index (κ2) is 7.29. The third-order valence-electron chi connectivity index (χ3n) is 3.80. The van der Waals surface area contributed by atoms with Crippen molar-refractivity contribution in [3.8, 4) is 0 Å². The van der Waals surface area contributed by atoms with E-state index in [0.29, 0.717) is 24.4 Å². The average Bonchev–Trinajstić information content (AvgIpc) is 2.99. The lowest BCUT2D eigenvalue weighted by molar-refractivity contribution is -0.122. The molecule has 3 N–H and O–H groups in total. The lowest BCUT2D eigenvalue weighted by Gasteiger charge is -2.21. The second-order valence-electron chi connectivity index (χ2n) is 5.85. The molecule has 0 saturated carbocycles. The van der Waals surface area contributed by atoms with Gasteiger partial charge in [0.15, 0.2) is 0 Å². The SMILES string of the molecule is CNS(=O)(=O)Nc1ccc(NC(=O)[C@@H]2CCO[C@@H]2C(C)C)cc1. The molecule has 0 aromatic heterocycles. The quantitative estimate of drug-likeness (QED) is 0.731. The van der Waals surface area contributed by atoms with E-state index in [1.807, 2.05) is 13.8 Å². The van der Waals surface area contributed by atoms with E-state index in [9.17, 15) is 13.2 Å². The van der Waals surface area contributed by atoms with Gasteiger partial charge in [-0.25, -0.2) is 4.72 Å². The van der Waals surface area contributed by atoms with Gasteiger partial charge in [0.25, 0.3) is 10.2 Å². The predicted molar refractivity (Wildman–Crippen MR) is 89.4 cm³/mol. The standard InChI is InChI=1S/C15H23N3O4S/c1-10(2)14-13(8-9-22-14)15(19)17-11-4-6-12(7-5-11)18-23(20,21)16-3/h4-7,10,13-14,16,18H,8-9H2,1-3H3,(H,17,19)/t13-,14-/m1/s1. The van der Waals surface area contributed by atoms with Crippen molar-refractivity contribution >= 4 is 27.5 Å². The molecule has 128 valence electrons. The topological polar surface area (TPSA) is 96.5 Å². The number of benzene rings is 1. The summed E-state index contributed by atoms with van der Waals surface area (Å²) in [4.78, 5) is 12.4. The molecule has 0 unspecified atom stereocenters. The molecule has 0 aliphatic carbocycles. The molecule has 0 spiro atoms. The highest BCUT2D eigenvalue weighted by molar-refractivity contribution is 7.90. The number of amides is 1. The van der Waals surface area contributed by atoms with Crippen LogP contribution in [0.5, 0.6) is 0 Å². The van der Waals surface area contributed by atoms with Crippen LogP contribution in [0.3, 0.4) is 0 Å². The molecule has 1 aliphatic rings. The summed E-state index contributed by atoms with van der Waals surface area (Å²) in [6.45, 7) is 4.68. The van der Waals surface area contributed by atoms with E-state index in [2.05, 4.69) is 14.8 Å². The third kappa shape index (κ3) is 4.66.